The van der Waals surface area contributed by atoms with E-state index in [2.05, 4.69) is 20.3 Å². The molecule has 0 spiro atoms. The Morgan fingerprint density at radius 2 is 2.38 bits per heavy atom. The number of fused-ring (bicyclic) bond motifs is 1. The second kappa shape index (κ2) is 2.74. The summed E-state index contributed by atoms with van der Waals surface area (Å²) < 4.78 is 0. The first kappa shape index (κ1) is 7.53. The van der Waals surface area contributed by atoms with E-state index in [1.807, 2.05) is 0 Å². The van der Waals surface area contributed by atoms with E-state index in [4.69, 9.17) is 5.11 Å². The van der Waals surface area contributed by atoms with Crippen molar-refractivity contribution in [1.29, 1.82) is 0 Å². The number of anilines is 1. The van der Waals surface area contributed by atoms with Crippen LogP contribution in [0, 0.1) is 0 Å². The highest BCUT2D eigenvalue weighted by atomic mass is 16.4. The van der Waals surface area contributed by atoms with Crippen LogP contribution < -0.4 is 5.32 Å². The van der Waals surface area contributed by atoms with Gasteiger partial charge in [-0.2, -0.15) is 0 Å². The Kier molecular flexibility index (Phi) is 1.59. The third-order valence-electron chi connectivity index (χ3n) is 1.53. The van der Waals surface area contributed by atoms with Crippen molar-refractivity contribution in [3.63, 3.8) is 0 Å². The van der Waals surface area contributed by atoms with Crippen molar-refractivity contribution in [3.05, 3.63) is 18.5 Å². The molecule has 0 unspecified atom stereocenters. The molecule has 2 aliphatic rings. The molecular formula is C7H6N4O2. The molecule has 2 heterocycles. The van der Waals surface area contributed by atoms with Gasteiger partial charge in [-0.3, -0.25) is 5.32 Å². The van der Waals surface area contributed by atoms with Gasteiger partial charge in [-0.15, -0.1) is 0 Å². The lowest BCUT2D eigenvalue weighted by atomic mass is 10.3. The lowest BCUT2D eigenvalue weighted by Crippen LogP contribution is -2.10. The maximum absolute atomic E-state index is 10.3. The van der Waals surface area contributed by atoms with Crippen molar-refractivity contribution < 1.29 is 9.90 Å². The Labute approximate surface area is 73.0 Å². The van der Waals surface area contributed by atoms with Gasteiger partial charge in [0.05, 0.1) is 0 Å². The van der Waals surface area contributed by atoms with E-state index in [-0.39, 0.29) is 5.95 Å². The van der Waals surface area contributed by atoms with Gasteiger partial charge < -0.3 is 10.1 Å². The summed E-state index contributed by atoms with van der Waals surface area (Å²) in [6.45, 7) is 0. The average molecular weight is 178 g/mol. The summed E-state index contributed by atoms with van der Waals surface area (Å²) in [5.74, 6) is 0.775. The Bertz CT molecular complexity index is 411. The van der Waals surface area contributed by atoms with Gasteiger partial charge >= 0.3 is 6.09 Å². The van der Waals surface area contributed by atoms with Crippen LogP contribution in [0.4, 0.5) is 10.7 Å². The number of nitrogens with one attached hydrogen (secondary N) is 2. The topological polar surface area (TPSA) is 90.9 Å². The monoisotopic (exact) mass is 178 g/mol. The molecular weight excluding hydrogens is 172 g/mol. The second-order valence-corrected chi connectivity index (χ2v) is 2.41. The quantitative estimate of drug-likeness (QED) is 0.607. The zero-order valence-corrected chi connectivity index (χ0v) is 6.48. The fourth-order valence-corrected chi connectivity index (χ4v) is 0.998. The maximum atomic E-state index is 10.3. The van der Waals surface area contributed by atoms with Gasteiger partial charge in [-0.05, 0) is 6.07 Å². The van der Waals surface area contributed by atoms with E-state index in [0.29, 0.717) is 5.82 Å². The molecule has 0 radical (unpaired) electrons. The molecule has 2 aliphatic heterocycles. The minimum absolute atomic E-state index is 0.165. The van der Waals surface area contributed by atoms with Gasteiger partial charge in [0.25, 0.3) is 0 Å². The van der Waals surface area contributed by atoms with Crippen molar-refractivity contribution in [2.45, 2.75) is 0 Å². The number of hydrogen-bond acceptors (Lipinski definition) is 3. The van der Waals surface area contributed by atoms with Gasteiger partial charge in [0, 0.05) is 18.0 Å². The maximum Gasteiger partial charge on any atom is 0.411 e. The summed E-state index contributed by atoms with van der Waals surface area (Å²) in [7, 11) is 0. The molecule has 3 N–H and O–H groups in total. The molecule has 13 heavy (non-hydrogen) atoms. The first-order valence-corrected chi connectivity index (χ1v) is 3.55. The van der Waals surface area contributed by atoms with Crippen molar-refractivity contribution >= 4 is 12.0 Å². The summed E-state index contributed by atoms with van der Waals surface area (Å²) in [6.07, 6.45) is 2.01. The predicted octanol–water partition coefficient (Wildman–Crippen LogP) is 0.999. The molecule has 0 saturated carbocycles. The van der Waals surface area contributed by atoms with Crippen molar-refractivity contribution in [2.24, 2.45) is 0 Å². The molecule has 6 nitrogen and oxygen atoms in total. The highest BCUT2D eigenvalue weighted by Crippen LogP contribution is 2.16. The van der Waals surface area contributed by atoms with Crippen LogP contribution in [0.25, 0.3) is 11.4 Å². The molecule has 1 amide bonds. The largest absolute Gasteiger partial charge is 0.465 e. The number of aromatic amines is 1. The van der Waals surface area contributed by atoms with E-state index in [1.54, 1.807) is 18.5 Å². The fraction of sp³-hybridized carbons (Fsp3) is 0. The zero-order chi connectivity index (χ0) is 9.26. The Morgan fingerprint density at radius 3 is 3.15 bits per heavy atom. The molecule has 0 aromatic heterocycles. The molecule has 66 valence electrons. The molecule has 0 saturated heterocycles. The number of H-pyrrole nitrogens is 1. The lowest BCUT2D eigenvalue weighted by molar-refractivity contribution is 0.209. The number of nitrogens with zero attached hydrogens (tertiary/aromatic N) is 2. The van der Waals surface area contributed by atoms with Gasteiger partial charge in [0.1, 0.15) is 5.82 Å². The highest BCUT2D eigenvalue weighted by molar-refractivity contribution is 5.80. The molecule has 0 aromatic rings. The molecule has 0 aromatic carbocycles. The minimum Gasteiger partial charge on any atom is -0.465 e. The Morgan fingerprint density at radius 1 is 1.54 bits per heavy atom. The van der Waals surface area contributed by atoms with E-state index in [9.17, 15) is 4.79 Å². The van der Waals surface area contributed by atoms with Crippen molar-refractivity contribution in [3.8, 4) is 11.4 Å². The van der Waals surface area contributed by atoms with E-state index < -0.39 is 6.09 Å². The van der Waals surface area contributed by atoms with Crippen LogP contribution in [0.5, 0.6) is 0 Å². The van der Waals surface area contributed by atoms with Crippen LogP contribution in [0.3, 0.4) is 0 Å². The van der Waals surface area contributed by atoms with E-state index in [0.717, 1.165) is 5.56 Å². The molecule has 2 rings (SSSR count). The SMILES string of the molecule is O=C(O)Nc1ncc2ccnc-2[nH]1. The third kappa shape index (κ3) is 1.41. The Balaban J connectivity index is 2.38. The summed E-state index contributed by atoms with van der Waals surface area (Å²) in [6, 6.07) is 1.78. The number of carbonyl (C=O) groups is 1. The van der Waals surface area contributed by atoms with E-state index >= 15 is 0 Å². The number of amides is 1. The smallest absolute Gasteiger partial charge is 0.411 e. The van der Waals surface area contributed by atoms with Crippen molar-refractivity contribution in [2.75, 3.05) is 5.32 Å². The van der Waals surface area contributed by atoms with Gasteiger partial charge in [0.15, 0.2) is 0 Å². The van der Waals surface area contributed by atoms with Crippen LogP contribution in [0.15, 0.2) is 18.5 Å². The normalized spacial score (nSPS) is 10.2. The standard InChI is InChI=1S/C7H6N4O2/c12-7(13)11-6-9-3-4-1-2-8-5(4)10-6/h1-3H,(H,12,13)(H2,8,9,10,11). The summed E-state index contributed by atoms with van der Waals surface area (Å²) in [5, 5.41) is 10.5. The second-order valence-electron chi connectivity index (χ2n) is 2.41. The first-order valence-electron chi connectivity index (χ1n) is 3.55. The third-order valence-corrected chi connectivity index (χ3v) is 1.53. The molecule has 0 fully saturated rings. The lowest BCUT2D eigenvalue weighted by Gasteiger charge is -2.01. The summed E-state index contributed by atoms with van der Waals surface area (Å²) >= 11 is 0. The Hall–Kier alpha value is -2.11. The predicted molar refractivity (Wildman–Crippen MR) is 44.7 cm³/mol. The zero-order valence-electron chi connectivity index (χ0n) is 6.48. The highest BCUT2D eigenvalue weighted by Gasteiger charge is 2.06. The van der Waals surface area contributed by atoms with Crippen LogP contribution >= 0.6 is 0 Å². The average Bonchev–Trinajstić information content (AvgIpc) is 2.49. The minimum atomic E-state index is -1.16. The van der Waals surface area contributed by atoms with Gasteiger partial charge in [-0.1, -0.05) is 0 Å². The number of aromatic nitrogens is 3. The van der Waals surface area contributed by atoms with Crippen LogP contribution in [0.1, 0.15) is 0 Å². The molecule has 0 bridgehead atoms. The number of carboxylic acid groups (broad SMARTS) is 1. The fourth-order valence-electron chi connectivity index (χ4n) is 0.998. The summed E-state index contributed by atoms with van der Waals surface area (Å²) in [4.78, 5) is 20.8. The van der Waals surface area contributed by atoms with Crippen molar-refractivity contribution in [1.82, 2.24) is 15.0 Å². The number of rotatable bonds is 1. The molecule has 0 atom stereocenters. The summed E-state index contributed by atoms with van der Waals surface area (Å²) in [5.41, 5.74) is 0.843. The molecule has 6 heteroatoms. The molecule has 0 aliphatic carbocycles. The van der Waals surface area contributed by atoms with Crippen LogP contribution in [-0.4, -0.2) is 26.2 Å². The first-order chi connectivity index (χ1) is 6.25. The van der Waals surface area contributed by atoms with Crippen LogP contribution in [-0.2, 0) is 0 Å². The number of hydrogen-bond donors (Lipinski definition) is 3. The van der Waals surface area contributed by atoms with E-state index in [1.165, 1.54) is 0 Å². The van der Waals surface area contributed by atoms with Gasteiger partial charge in [0.2, 0.25) is 5.95 Å². The van der Waals surface area contributed by atoms with Gasteiger partial charge in [-0.25, -0.2) is 14.8 Å². The van der Waals surface area contributed by atoms with Crippen LogP contribution in [0.2, 0.25) is 0 Å².